The molecule has 0 aromatic heterocycles. The Morgan fingerprint density at radius 3 is 0.365 bits per heavy atom. The van der Waals surface area contributed by atoms with Gasteiger partial charge in [-0.05, 0) is 0 Å². The third kappa shape index (κ3) is 16.4. The van der Waals surface area contributed by atoms with Crippen LogP contribution in [0.2, 0.25) is 0 Å². The van der Waals surface area contributed by atoms with E-state index in [1.54, 1.807) is 0 Å². The fourth-order valence-corrected chi connectivity index (χ4v) is 20.3. The third-order valence-corrected chi connectivity index (χ3v) is 26.1. The van der Waals surface area contributed by atoms with E-state index in [1.807, 2.05) is 0 Å². The summed E-state index contributed by atoms with van der Waals surface area (Å²) in [7, 11) is -97.1. The quantitative estimate of drug-likeness (QED) is 0.0893. The van der Waals surface area contributed by atoms with Crippen molar-refractivity contribution in [3.63, 3.8) is 0 Å². The van der Waals surface area contributed by atoms with Crippen molar-refractivity contribution in [3.8, 4) is 0 Å². The number of hydrogen-bond donors (Lipinski definition) is 0. The van der Waals surface area contributed by atoms with Crippen LogP contribution in [0.1, 0.15) is 0 Å². The molecule has 0 heterocycles. The van der Waals surface area contributed by atoms with Crippen LogP contribution in [0.5, 0.6) is 0 Å². The molecule has 0 atom stereocenters. The van der Waals surface area contributed by atoms with E-state index in [1.165, 1.54) is 0 Å². The molecule has 434 valence electrons. The molecule has 0 amide bonds. The normalized spacial score (nSPS) is 15.7. The molecule has 1 aromatic rings. The molecule has 0 N–H and O–H groups in total. The number of hydrogen-bond acceptors (Lipinski definition) is 24. The van der Waals surface area contributed by atoms with Crippen molar-refractivity contribution < 1.29 is 204 Å². The van der Waals surface area contributed by atoms with E-state index >= 15 is 0 Å². The first-order valence-electron chi connectivity index (χ1n) is 14.5. The molecule has 24 nitrogen and oxygen atoms in total. The van der Waals surface area contributed by atoms with Crippen LogP contribution in [0.25, 0.3) is 0 Å². The van der Waals surface area contributed by atoms with Crippen molar-refractivity contribution in [2.24, 2.45) is 0 Å². The second-order valence-corrected chi connectivity index (χ2v) is 31.7. The predicted molar refractivity (Wildman–Crippen MR) is 176 cm³/mol. The predicted octanol–water partition coefficient (Wildman–Crippen LogP) is -0.603. The topological polar surface area (TPSA) is 347 Å². The fourth-order valence-electron chi connectivity index (χ4n) is 2.86. The lowest BCUT2D eigenvalue weighted by Crippen LogP contribution is -2.65. The Kier molecular flexibility index (Phi) is 19.8. The standard InChI is InChI=1S/C14H2F24O24S8Si4/c15-7(16,17)63(39,40)55-71(56-64(41,42)8(18,19)20)3-1-4(72(57-65(43,44)9(21,22)23)58-66(45,46)10(24,25)26)6(74(61-69(51,52)13(33,34)35)62-70(53,54)14(36,37)38)2-5(3)73(59-67(47,48)11(27,28)29)60-68(49,50)12(30,31)32/h1-2H. The molecule has 4 radical (unpaired) electrons. The molecule has 0 spiro atoms. The summed E-state index contributed by atoms with van der Waals surface area (Å²) in [6, 6.07) is -4.17. The maximum Gasteiger partial charge on any atom is 0.522 e. The Balaban J connectivity index is 5.79. The summed E-state index contributed by atoms with van der Waals surface area (Å²) in [5.41, 5.74) is -60.1. The van der Waals surface area contributed by atoms with Gasteiger partial charge >= 0.3 is 162 Å². The largest absolute Gasteiger partial charge is 0.522 e. The maximum atomic E-state index is 13.5. The first kappa shape index (κ1) is 69.7. The Bertz CT molecular complexity index is 2590. The van der Waals surface area contributed by atoms with Crippen LogP contribution in [0, 0.1) is 0 Å². The molecular formula is C14H2F24O24S8Si4. The highest BCUT2D eigenvalue weighted by atomic mass is 32.3. The van der Waals surface area contributed by atoms with Gasteiger partial charge in [-0.1, -0.05) is 12.1 Å². The van der Waals surface area contributed by atoms with E-state index in [2.05, 4.69) is 31.0 Å². The van der Waals surface area contributed by atoms with Gasteiger partial charge in [0.2, 0.25) is 0 Å². The number of halogens is 24. The maximum absolute atomic E-state index is 13.5. The average Bonchev–Trinajstić information content (AvgIpc) is 3.08. The summed E-state index contributed by atoms with van der Waals surface area (Å²) >= 11 is 0. The summed E-state index contributed by atoms with van der Waals surface area (Å²) in [4.78, 5) is 0. The van der Waals surface area contributed by atoms with Gasteiger partial charge in [0.25, 0.3) is 0 Å². The van der Waals surface area contributed by atoms with E-state index in [0.717, 1.165) is 0 Å². The van der Waals surface area contributed by atoms with Gasteiger partial charge < -0.3 is 0 Å². The van der Waals surface area contributed by atoms with E-state index in [0.29, 0.717) is 0 Å². The van der Waals surface area contributed by atoms with Gasteiger partial charge in [0.15, 0.2) is 0 Å². The van der Waals surface area contributed by atoms with Crippen LogP contribution in [-0.2, 0) is 112 Å². The van der Waals surface area contributed by atoms with Gasteiger partial charge in [0.1, 0.15) is 0 Å². The van der Waals surface area contributed by atoms with E-state index in [4.69, 9.17) is 0 Å². The molecular weight excluding hydrogens is 1380 g/mol. The molecule has 1 aromatic carbocycles. The SMILES string of the molecule is O=S(=O)(O[Si](OS(=O)(=O)C(F)(F)F)c1cc([Si](OS(=O)(=O)C(F)(F)F)OS(=O)(=O)C(F)(F)F)c([Si](OS(=O)(=O)C(F)(F)F)OS(=O)(=O)C(F)(F)F)cc1[Si](OS(=O)(=O)C(F)(F)F)OS(=O)(=O)C(F)(F)F)C(F)(F)F. The smallest absolute Gasteiger partial charge is 0.269 e. The minimum Gasteiger partial charge on any atom is -0.269 e. The van der Waals surface area contributed by atoms with Crippen LogP contribution in [0.4, 0.5) is 105 Å². The minimum absolute atomic E-state index is 2.08. The second kappa shape index (κ2) is 21.1. The van der Waals surface area contributed by atoms with Crippen LogP contribution >= 0.6 is 0 Å². The molecule has 74 heavy (non-hydrogen) atoms. The molecule has 0 unspecified atom stereocenters. The van der Waals surface area contributed by atoms with Gasteiger partial charge in [0.05, 0.1) is 0 Å². The lowest BCUT2D eigenvalue weighted by Gasteiger charge is -2.27. The first-order chi connectivity index (χ1) is 31.7. The van der Waals surface area contributed by atoms with Crippen molar-refractivity contribution in [2.75, 3.05) is 0 Å². The van der Waals surface area contributed by atoms with Crippen molar-refractivity contribution in [1.82, 2.24) is 0 Å². The van der Waals surface area contributed by atoms with Gasteiger partial charge in [0, 0.05) is 20.7 Å². The fraction of sp³-hybridized carbons (Fsp3) is 0.571. The van der Waals surface area contributed by atoms with Gasteiger partial charge in [-0.25, -0.2) is 0 Å². The Morgan fingerprint density at radius 2 is 0.297 bits per heavy atom. The molecule has 0 saturated carbocycles. The van der Waals surface area contributed by atoms with Crippen LogP contribution in [0.15, 0.2) is 12.1 Å². The zero-order valence-electron chi connectivity index (χ0n) is 31.3. The minimum atomic E-state index is -8.43. The van der Waals surface area contributed by atoms with Crippen LogP contribution in [0.3, 0.4) is 0 Å². The van der Waals surface area contributed by atoms with Crippen molar-refractivity contribution in [1.29, 1.82) is 0 Å². The Labute approximate surface area is 397 Å². The molecule has 0 aliphatic heterocycles. The molecule has 60 heteroatoms. The zero-order chi connectivity index (χ0) is 59.7. The first-order valence-corrected chi connectivity index (χ1v) is 31.0. The van der Waals surface area contributed by atoms with Gasteiger partial charge in [-0.2, -0.15) is 173 Å². The molecule has 0 fully saturated rings. The Hall–Kier alpha value is -2.31. The summed E-state index contributed by atoms with van der Waals surface area (Å²) in [5, 5.41) is -15.2. The van der Waals surface area contributed by atoms with Crippen LogP contribution < -0.4 is 20.7 Å². The summed E-state index contributed by atoms with van der Waals surface area (Å²) in [6.45, 7) is 0. The van der Waals surface area contributed by atoms with E-state index in [9.17, 15) is 173 Å². The monoisotopic (exact) mass is 1380 g/mol. The molecule has 0 aliphatic rings. The van der Waals surface area contributed by atoms with E-state index < -0.39 is 195 Å². The van der Waals surface area contributed by atoms with Crippen LogP contribution in [-0.4, -0.2) is 149 Å². The third-order valence-electron chi connectivity index (χ3n) is 5.79. The zero-order valence-corrected chi connectivity index (χ0v) is 41.8. The van der Waals surface area contributed by atoms with Gasteiger partial charge in [-0.15, -0.1) is 0 Å². The number of alkyl halides is 24. The summed E-state index contributed by atoms with van der Waals surface area (Å²) in [6.07, 6.45) is 0. The summed E-state index contributed by atoms with van der Waals surface area (Å²) in [5.74, 6) is 0. The lowest BCUT2D eigenvalue weighted by atomic mass is 10.3. The number of rotatable bonds is 20. The number of benzene rings is 1. The van der Waals surface area contributed by atoms with Crippen molar-refractivity contribution >= 4 is 139 Å². The van der Waals surface area contributed by atoms with Gasteiger partial charge in [-0.3, -0.25) is 31.0 Å². The molecule has 0 saturated heterocycles. The second-order valence-electron chi connectivity index (χ2n) is 11.0. The highest BCUT2D eigenvalue weighted by molar-refractivity contribution is 7.92. The van der Waals surface area contributed by atoms with Crippen molar-refractivity contribution in [2.45, 2.75) is 44.1 Å². The molecule has 0 aliphatic carbocycles. The van der Waals surface area contributed by atoms with Crippen molar-refractivity contribution in [3.05, 3.63) is 12.1 Å². The molecule has 1 rings (SSSR count). The lowest BCUT2D eigenvalue weighted by molar-refractivity contribution is -0.0532. The summed E-state index contributed by atoms with van der Waals surface area (Å²) < 4.78 is 540. The highest BCUT2D eigenvalue weighted by Gasteiger charge is 2.62. The van der Waals surface area contributed by atoms with E-state index in [-0.39, 0.29) is 0 Å². The molecule has 0 bridgehead atoms. The average molecular weight is 1380 g/mol. The Morgan fingerprint density at radius 1 is 0.216 bits per heavy atom. The highest BCUT2D eigenvalue weighted by Crippen LogP contribution is 2.34.